The molecule has 4 heteroatoms. The first-order valence-corrected chi connectivity index (χ1v) is 11.7. The smallest absolute Gasteiger partial charge is 0.159 e. The lowest BCUT2D eigenvalue weighted by Crippen LogP contribution is -1.93. The number of carbonyl (C=O) groups is 1. The SMILES string of the molecule is CC(=O)c1ccc(-c2cc(-c3c(-c4ccc(C#N)cc4)[nH]c4ccccc34)c3ccccc3n2)cc1. The third kappa shape index (κ3) is 3.64. The van der Waals surface area contributed by atoms with E-state index in [1.807, 2.05) is 78.9 Å². The number of nitrogens with zero attached hydrogens (tertiary/aromatic N) is 2. The van der Waals surface area contributed by atoms with Crippen LogP contribution in [0, 0.1) is 11.3 Å². The maximum Gasteiger partial charge on any atom is 0.159 e. The zero-order valence-corrected chi connectivity index (χ0v) is 19.6. The van der Waals surface area contributed by atoms with Crippen LogP contribution in [0.1, 0.15) is 22.8 Å². The highest BCUT2D eigenvalue weighted by atomic mass is 16.1. The lowest BCUT2D eigenvalue weighted by atomic mass is 9.93. The van der Waals surface area contributed by atoms with Gasteiger partial charge in [-0.05, 0) is 48.4 Å². The Balaban J connectivity index is 1.64. The molecule has 6 aromatic rings. The van der Waals surface area contributed by atoms with E-state index in [0.717, 1.165) is 55.4 Å². The minimum absolute atomic E-state index is 0.0413. The summed E-state index contributed by atoms with van der Waals surface area (Å²) in [5.41, 5.74) is 9.21. The molecule has 0 aliphatic heterocycles. The molecule has 4 aromatic carbocycles. The highest BCUT2D eigenvalue weighted by molar-refractivity contribution is 6.10. The molecule has 0 atom stereocenters. The molecule has 0 fully saturated rings. The van der Waals surface area contributed by atoms with Crippen molar-refractivity contribution in [3.05, 3.63) is 114 Å². The standard InChI is InChI=1S/C32H21N3O/c1-20(36)22-14-16-23(17-15-22)30-18-27(25-6-2-4-8-28(25)34-30)31-26-7-3-5-9-29(26)35-32(31)24-12-10-21(19-33)11-13-24/h2-18,35H,1H3. The summed E-state index contributed by atoms with van der Waals surface area (Å²) in [7, 11) is 0. The number of nitrogens with one attached hydrogen (secondary N) is 1. The Morgan fingerprint density at radius 1 is 0.806 bits per heavy atom. The van der Waals surface area contributed by atoms with E-state index in [2.05, 4.69) is 35.3 Å². The van der Waals surface area contributed by atoms with Crippen LogP contribution in [-0.4, -0.2) is 15.8 Å². The molecule has 0 saturated carbocycles. The van der Waals surface area contributed by atoms with Crippen LogP contribution < -0.4 is 0 Å². The third-order valence-corrected chi connectivity index (χ3v) is 6.58. The number of rotatable bonds is 4. The van der Waals surface area contributed by atoms with Gasteiger partial charge in [0.2, 0.25) is 0 Å². The van der Waals surface area contributed by atoms with Crippen molar-refractivity contribution in [1.82, 2.24) is 9.97 Å². The van der Waals surface area contributed by atoms with Gasteiger partial charge in [0.1, 0.15) is 0 Å². The molecule has 0 amide bonds. The number of nitriles is 1. The number of para-hydroxylation sites is 2. The van der Waals surface area contributed by atoms with Crippen molar-refractivity contribution in [3.8, 4) is 39.7 Å². The number of aromatic amines is 1. The molecule has 0 spiro atoms. The average Bonchev–Trinajstić information content (AvgIpc) is 3.32. The molecule has 2 heterocycles. The fourth-order valence-electron chi connectivity index (χ4n) is 4.76. The number of aromatic nitrogens is 2. The number of ketones is 1. The minimum atomic E-state index is 0.0413. The second-order valence-electron chi connectivity index (χ2n) is 8.82. The van der Waals surface area contributed by atoms with Crippen LogP contribution in [0.2, 0.25) is 0 Å². The minimum Gasteiger partial charge on any atom is -0.354 e. The van der Waals surface area contributed by atoms with Crippen LogP contribution in [0.25, 0.3) is 55.4 Å². The number of hydrogen-bond donors (Lipinski definition) is 1. The molecular weight excluding hydrogens is 442 g/mol. The second-order valence-corrected chi connectivity index (χ2v) is 8.82. The van der Waals surface area contributed by atoms with E-state index in [9.17, 15) is 10.1 Å². The monoisotopic (exact) mass is 463 g/mol. The average molecular weight is 464 g/mol. The van der Waals surface area contributed by atoms with Gasteiger partial charge < -0.3 is 4.98 Å². The van der Waals surface area contributed by atoms with Gasteiger partial charge >= 0.3 is 0 Å². The lowest BCUT2D eigenvalue weighted by Gasteiger charge is -2.12. The van der Waals surface area contributed by atoms with Crippen LogP contribution in [0.15, 0.2) is 103 Å². The van der Waals surface area contributed by atoms with Crippen LogP contribution in [0.4, 0.5) is 0 Å². The van der Waals surface area contributed by atoms with Crippen LogP contribution in [0.5, 0.6) is 0 Å². The van der Waals surface area contributed by atoms with Crippen molar-refractivity contribution in [2.75, 3.05) is 0 Å². The Labute approximate surface area is 208 Å². The van der Waals surface area contributed by atoms with Gasteiger partial charge in [-0.1, -0.05) is 72.8 Å². The summed E-state index contributed by atoms with van der Waals surface area (Å²) in [6.45, 7) is 1.57. The topological polar surface area (TPSA) is 69.5 Å². The molecule has 0 aliphatic rings. The number of benzene rings is 4. The molecule has 0 radical (unpaired) electrons. The second kappa shape index (κ2) is 8.65. The van der Waals surface area contributed by atoms with Crippen molar-refractivity contribution in [1.29, 1.82) is 5.26 Å². The number of Topliss-reactive ketones (excluding diaryl/α,β-unsaturated/α-hetero) is 1. The van der Waals surface area contributed by atoms with Gasteiger partial charge in [-0.2, -0.15) is 5.26 Å². The maximum atomic E-state index is 11.8. The molecule has 0 aliphatic carbocycles. The summed E-state index contributed by atoms with van der Waals surface area (Å²) in [4.78, 5) is 20.4. The first-order valence-electron chi connectivity index (χ1n) is 11.7. The Bertz CT molecular complexity index is 1800. The summed E-state index contributed by atoms with van der Waals surface area (Å²) in [6.07, 6.45) is 0. The third-order valence-electron chi connectivity index (χ3n) is 6.58. The number of hydrogen-bond acceptors (Lipinski definition) is 3. The zero-order chi connectivity index (χ0) is 24.6. The van der Waals surface area contributed by atoms with Gasteiger partial charge in [-0.25, -0.2) is 4.98 Å². The Hall–Kier alpha value is -5.01. The summed E-state index contributed by atoms with van der Waals surface area (Å²) < 4.78 is 0. The van der Waals surface area contributed by atoms with E-state index in [0.29, 0.717) is 11.1 Å². The van der Waals surface area contributed by atoms with Gasteiger partial charge in [0.25, 0.3) is 0 Å². The van der Waals surface area contributed by atoms with Crippen molar-refractivity contribution < 1.29 is 4.79 Å². The molecule has 2 aromatic heterocycles. The molecule has 0 unspecified atom stereocenters. The van der Waals surface area contributed by atoms with E-state index in [-0.39, 0.29) is 5.78 Å². The van der Waals surface area contributed by atoms with Gasteiger partial charge in [0.15, 0.2) is 5.78 Å². The number of fused-ring (bicyclic) bond motifs is 2. The first kappa shape index (κ1) is 21.5. The van der Waals surface area contributed by atoms with Crippen molar-refractivity contribution in [2.24, 2.45) is 0 Å². The van der Waals surface area contributed by atoms with E-state index >= 15 is 0 Å². The summed E-state index contributed by atoms with van der Waals surface area (Å²) in [6, 6.07) is 36.0. The first-order chi connectivity index (χ1) is 17.6. The molecule has 36 heavy (non-hydrogen) atoms. The van der Waals surface area contributed by atoms with E-state index in [1.54, 1.807) is 6.92 Å². The lowest BCUT2D eigenvalue weighted by molar-refractivity contribution is 0.101. The molecule has 1 N–H and O–H groups in total. The fourth-order valence-corrected chi connectivity index (χ4v) is 4.76. The quantitative estimate of drug-likeness (QED) is 0.271. The van der Waals surface area contributed by atoms with Crippen molar-refractivity contribution >= 4 is 27.6 Å². The van der Waals surface area contributed by atoms with Crippen LogP contribution >= 0.6 is 0 Å². The maximum absolute atomic E-state index is 11.8. The summed E-state index contributed by atoms with van der Waals surface area (Å²) >= 11 is 0. The Morgan fingerprint density at radius 3 is 2.19 bits per heavy atom. The van der Waals surface area contributed by atoms with E-state index in [4.69, 9.17) is 4.98 Å². The van der Waals surface area contributed by atoms with Gasteiger partial charge in [-0.3, -0.25) is 4.79 Å². The predicted octanol–water partition coefficient (Wildman–Crippen LogP) is 7.79. The Kier molecular flexibility index (Phi) is 5.17. The predicted molar refractivity (Wildman–Crippen MR) is 145 cm³/mol. The van der Waals surface area contributed by atoms with Crippen molar-refractivity contribution in [3.63, 3.8) is 0 Å². The summed E-state index contributed by atoms with van der Waals surface area (Å²) in [5, 5.41) is 11.4. The summed E-state index contributed by atoms with van der Waals surface area (Å²) in [5.74, 6) is 0.0413. The normalized spacial score (nSPS) is 11.0. The molecule has 170 valence electrons. The molecule has 0 bridgehead atoms. The fraction of sp³-hybridized carbons (Fsp3) is 0.0312. The highest BCUT2D eigenvalue weighted by Gasteiger charge is 2.19. The molecule has 6 rings (SSSR count). The Morgan fingerprint density at radius 2 is 1.47 bits per heavy atom. The highest BCUT2D eigenvalue weighted by Crippen LogP contribution is 2.42. The molecule has 0 saturated heterocycles. The number of H-pyrrole nitrogens is 1. The van der Waals surface area contributed by atoms with Gasteiger partial charge in [0.05, 0.1) is 28.5 Å². The van der Waals surface area contributed by atoms with Crippen LogP contribution in [0.3, 0.4) is 0 Å². The molecular formula is C32H21N3O. The van der Waals surface area contributed by atoms with Crippen molar-refractivity contribution in [2.45, 2.75) is 6.92 Å². The van der Waals surface area contributed by atoms with Gasteiger partial charge in [-0.15, -0.1) is 0 Å². The van der Waals surface area contributed by atoms with Crippen LogP contribution in [-0.2, 0) is 0 Å². The van der Waals surface area contributed by atoms with Gasteiger partial charge in [0, 0.05) is 33.0 Å². The van der Waals surface area contributed by atoms with E-state index < -0.39 is 0 Å². The van der Waals surface area contributed by atoms with E-state index in [1.165, 1.54) is 0 Å². The number of pyridine rings is 1. The zero-order valence-electron chi connectivity index (χ0n) is 19.6. The molecule has 4 nitrogen and oxygen atoms in total. The largest absolute Gasteiger partial charge is 0.354 e. The number of carbonyl (C=O) groups excluding carboxylic acids is 1.